The fourth-order valence-electron chi connectivity index (χ4n) is 2.08. The number of halogens is 3. The van der Waals surface area contributed by atoms with Crippen LogP contribution in [0.15, 0.2) is 36.4 Å². The van der Waals surface area contributed by atoms with Gasteiger partial charge in [-0.05, 0) is 36.2 Å². The molecule has 0 aliphatic heterocycles. The van der Waals surface area contributed by atoms with Crippen LogP contribution in [0.3, 0.4) is 0 Å². The number of carbonyl (C=O) groups is 2. The van der Waals surface area contributed by atoms with Crippen molar-refractivity contribution in [1.82, 2.24) is 0 Å². The molecule has 0 bridgehead atoms. The van der Waals surface area contributed by atoms with Gasteiger partial charge in [0.25, 0.3) is 0 Å². The monoisotopic (exact) mass is 369 g/mol. The Morgan fingerprint density at radius 2 is 1.96 bits per heavy atom. The van der Waals surface area contributed by atoms with Crippen LogP contribution < -0.4 is 5.32 Å². The maximum absolute atomic E-state index is 13.6. The first kappa shape index (κ1) is 18.2. The summed E-state index contributed by atoms with van der Waals surface area (Å²) in [6, 6.07) is 8.90. The van der Waals surface area contributed by atoms with Gasteiger partial charge in [0.15, 0.2) is 0 Å². The van der Waals surface area contributed by atoms with Crippen LogP contribution in [-0.2, 0) is 16.0 Å². The number of carbonyl (C=O) groups excluding carboxylic acids is 2. The fourth-order valence-corrected chi connectivity index (χ4v) is 2.50. The molecule has 0 aliphatic rings. The third-order valence-corrected chi connectivity index (χ3v) is 4.17. The molecule has 0 fully saturated rings. The van der Waals surface area contributed by atoms with E-state index in [2.05, 4.69) is 10.1 Å². The molecule has 0 spiro atoms. The SMILES string of the molecule is COC(=O)c1cc(NC(=O)CCc2cccc(Cl)c2Cl)ccc1F. The average molecular weight is 370 g/mol. The van der Waals surface area contributed by atoms with Crippen LogP contribution in [0, 0.1) is 5.82 Å². The summed E-state index contributed by atoms with van der Waals surface area (Å²) in [4.78, 5) is 23.5. The number of amides is 1. The summed E-state index contributed by atoms with van der Waals surface area (Å²) in [7, 11) is 1.15. The standard InChI is InChI=1S/C17H14Cl2FNO3/c1-24-17(23)12-9-11(6-7-14(12)20)21-15(22)8-5-10-3-2-4-13(18)16(10)19/h2-4,6-7,9H,5,8H2,1H3,(H,21,22). The van der Waals surface area contributed by atoms with Gasteiger partial charge in [0.05, 0.1) is 22.7 Å². The third-order valence-electron chi connectivity index (χ3n) is 3.31. The largest absolute Gasteiger partial charge is 0.465 e. The van der Waals surface area contributed by atoms with Gasteiger partial charge in [0.1, 0.15) is 5.82 Å². The average Bonchev–Trinajstić information content (AvgIpc) is 2.57. The van der Waals surface area contributed by atoms with Crippen molar-refractivity contribution in [2.45, 2.75) is 12.8 Å². The van der Waals surface area contributed by atoms with Gasteiger partial charge in [-0.25, -0.2) is 9.18 Å². The van der Waals surface area contributed by atoms with E-state index in [0.29, 0.717) is 22.2 Å². The number of hydrogen-bond donors (Lipinski definition) is 1. The summed E-state index contributed by atoms with van der Waals surface area (Å²) in [5.41, 5.74) is 0.820. The normalized spacial score (nSPS) is 10.3. The van der Waals surface area contributed by atoms with Crippen molar-refractivity contribution in [3.8, 4) is 0 Å². The summed E-state index contributed by atoms with van der Waals surface area (Å²) in [6.07, 6.45) is 0.557. The lowest BCUT2D eigenvalue weighted by Crippen LogP contribution is -2.13. The molecule has 0 aliphatic carbocycles. The number of benzene rings is 2. The molecule has 0 saturated heterocycles. The predicted octanol–water partition coefficient (Wildman–Crippen LogP) is 4.49. The van der Waals surface area contributed by atoms with Gasteiger partial charge in [-0.3, -0.25) is 4.79 Å². The Labute approximate surface area is 148 Å². The molecule has 1 amide bonds. The highest BCUT2D eigenvalue weighted by Crippen LogP contribution is 2.26. The Morgan fingerprint density at radius 1 is 1.21 bits per heavy atom. The van der Waals surface area contributed by atoms with Crippen molar-refractivity contribution in [2.24, 2.45) is 0 Å². The molecule has 0 heterocycles. The summed E-state index contributed by atoms with van der Waals surface area (Å²) in [5.74, 6) is -1.83. The van der Waals surface area contributed by atoms with Crippen LogP contribution >= 0.6 is 23.2 Å². The van der Waals surface area contributed by atoms with Gasteiger partial charge in [-0.1, -0.05) is 35.3 Å². The second-order valence-electron chi connectivity index (χ2n) is 4.95. The van der Waals surface area contributed by atoms with E-state index >= 15 is 0 Å². The van der Waals surface area contributed by atoms with E-state index in [-0.39, 0.29) is 17.9 Å². The first-order valence-corrected chi connectivity index (χ1v) is 7.78. The van der Waals surface area contributed by atoms with Crippen LogP contribution in [0.1, 0.15) is 22.3 Å². The van der Waals surface area contributed by atoms with Gasteiger partial charge in [0.2, 0.25) is 5.91 Å². The number of rotatable bonds is 5. The molecule has 0 aromatic heterocycles. The maximum atomic E-state index is 13.6. The summed E-state index contributed by atoms with van der Waals surface area (Å²) < 4.78 is 18.0. The van der Waals surface area contributed by atoms with Crippen molar-refractivity contribution >= 4 is 40.8 Å². The summed E-state index contributed by atoms with van der Waals surface area (Å²) in [6.45, 7) is 0. The predicted molar refractivity (Wildman–Crippen MR) is 91.2 cm³/mol. The molecule has 126 valence electrons. The third kappa shape index (κ3) is 4.46. The summed E-state index contributed by atoms with van der Waals surface area (Å²) >= 11 is 12.0. The van der Waals surface area contributed by atoms with Gasteiger partial charge < -0.3 is 10.1 Å². The first-order valence-electron chi connectivity index (χ1n) is 7.03. The Kier molecular flexibility index (Phi) is 6.17. The van der Waals surface area contributed by atoms with Gasteiger partial charge in [0, 0.05) is 12.1 Å². The molecule has 1 N–H and O–H groups in total. The molecule has 2 aromatic carbocycles. The second kappa shape index (κ2) is 8.13. The smallest absolute Gasteiger partial charge is 0.340 e. The minimum absolute atomic E-state index is 0.158. The molecule has 2 rings (SSSR count). The zero-order valence-corrected chi connectivity index (χ0v) is 14.2. The van der Waals surface area contributed by atoms with Crippen molar-refractivity contribution in [1.29, 1.82) is 0 Å². The molecule has 7 heteroatoms. The highest BCUT2D eigenvalue weighted by Gasteiger charge is 2.14. The molecular weight excluding hydrogens is 356 g/mol. The van der Waals surface area contributed by atoms with E-state index in [9.17, 15) is 14.0 Å². The van der Waals surface area contributed by atoms with E-state index in [1.54, 1.807) is 18.2 Å². The molecule has 2 aromatic rings. The minimum Gasteiger partial charge on any atom is -0.465 e. The lowest BCUT2D eigenvalue weighted by molar-refractivity contribution is -0.116. The highest BCUT2D eigenvalue weighted by atomic mass is 35.5. The zero-order chi connectivity index (χ0) is 17.7. The van der Waals surface area contributed by atoms with Crippen molar-refractivity contribution in [2.75, 3.05) is 12.4 Å². The number of methoxy groups -OCH3 is 1. The topological polar surface area (TPSA) is 55.4 Å². The maximum Gasteiger partial charge on any atom is 0.340 e. The van der Waals surface area contributed by atoms with Crippen LogP contribution in [0.5, 0.6) is 0 Å². The quantitative estimate of drug-likeness (QED) is 0.789. The molecule has 0 radical (unpaired) electrons. The molecule has 0 atom stereocenters. The van der Waals surface area contributed by atoms with Gasteiger partial charge in [-0.2, -0.15) is 0 Å². The van der Waals surface area contributed by atoms with Crippen LogP contribution in [0.2, 0.25) is 10.0 Å². The highest BCUT2D eigenvalue weighted by molar-refractivity contribution is 6.42. The number of aryl methyl sites for hydroxylation is 1. The van der Waals surface area contributed by atoms with E-state index in [4.69, 9.17) is 23.2 Å². The van der Waals surface area contributed by atoms with Crippen molar-refractivity contribution in [3.05, 3.63) is 63.4 Å². The lowest BCUT2D eigenvalue weighted by atomic mass is 10.1. The Hall–Kier alpha value is -2.11. The molecule has 4 nitrogen and oxygen atoms in total. The number of ether oxygens (including phenoxy) is 1. The number of nitrogens with one attached hydrogen (secondary N) is 1. The number of hydrogen-bond acceptors (Lipinski definition) is 3. The van der Waals surface area contributed by atoms with E-state index in [0.717, 1.165) is 18.7 Å². The van der Waals surface area contributed by atoms with E-state index in [1.807, 2.05) is 0 Å². The minimum atomic E-state index is -0.811. The number of esters is 1. The number of anilines is 1. The second-order valence-corrected chi connectivity index (χ2v) is 5.73. The van der Waals surface area contributed by atoms with Crippen molar-refractivity contribution in [3.63, 3.8) is 0 Å². The first-order chi connectivity index (χ1) is 11.4. The fraction of sp³-hybridized carbons (Fsp3) is 0.176. The molecule has 0 saturated carbocycles. The van der Waals surface area contributed by atoms with Crippen molar-refractivity contribution < 1.29 is 18.7 Å². The summed E-state index contributed by atoms with van der Waals surface area (Å²) in [5, 5.41) is 3.45. The molecule has 0 unspecified atom stereocenters. The Bertz CT molecular complexity index is 780. The van der Waals surface area contributed by atoms with Crippen LogP contribution in [0.4, 0.5) is 10.1 Å². The van der Waals surface area contributed by atoms with Gasteiger partial charge in [-0.15, -0.1) is 0 Å². The zero-order valence-electron chi connectivity index (χ0n) is 12.7. The molecule has 24 heavy (non-hydrogen) atoms. The Balaban J connectivity index is 2.02. The van der Waals surface area contributed by atoms with Crippen LogP contribution in [-0.4, -0.2) is 19.0 Å². The van der Waals surface area contributed by atoms with Crippen LogP contribution in [0.25, 0.3) is 0 Å². The van der Waals surface area contributed by atoms with E-state index < -0.39 is 11.8 Å². The lowest BCUT2D eigenvalue weighted by Gasteiger charge is -2.09. The molecular formula is C17H14Cl2FNO3. The van der Waals surface area contributed by atoms with E-state index in [1.165, 1.54) is 12.1 Å². The Morgan fingerprint density at radius 3 is 2.67 bits per heavy atom. The van der Waals surface area contributed by atoms with Gasteiger partial charge >= 0.3 is 5.97 Å².